The van der Waals surface area contributed by atoms with Gasteiger partial charge in [0.1, 0.15) is 4.90 Å². The summed E-state index contributed by atoms with van der Waals surface area (Å²) in [6, 6.07) is 5.03. The average molecular weight is 292 g/mol. The van der Waals surface area contributed by atoms with Gasteiger partial charge in [0.25, 0.3) is 0 Å². The van der Waals surface area contributed by atoms with Crippen LogP contribution < -0.4 is 0 Å². The van der Waals surface area contributed by atoms with Crippen molar-refractivity contribution in [2.45, 2.75) is 30.3 Å². The van der Waals surface area contributed by atoms with E-state index in [9.17, 15) is 8.42 Å². The van der Waals surface area contributed by atoms with E-state index < -0.39 is 10.0 Å². The van der Waals surface area contributed by atoms with E-state index in [1.807, 2.05) is 12.3 Å². The summed E-state index contributed by atoms with van der Waals surface area (Å²) in [4.78, 5) is 4.16. The number of pyridine rings is 1. The summed E-state index contributed by atoms with van der Waals surface area (Å²) >= 11 is 0. The molecule has 1 fully saturated rings. The lowest BCUT2D eigenvalue weighted by molar-refractivity contribution is 0.341. The van der Waals surface area contributed by atoms with Crippen molar-refractivity contribution in [3.05, 3.63) is 43.0 Å². The van der Waals surface area contributed by atoms with Crippen LogP contribution in [-0.4, -0.2) is 40.1 Å². The van der Waals surface area contributed by atoms with Crippen LogP contribution in [0.25, 0.3) is 0 Å². The van der Waals surface area contributed by atoms with E-state index in [1.165, 1.54) is 6.20 Å². The highest BCUT2D eigenvalue weighted by molar-refractivity contribution is 7.89. The molecule has 1 aliphatic rings. The Morgan fingerprint density at radius 2 is 2.20 bits per heavy atom. The van der Waals surface area contributed by atoms with Gasteiger partial charge in [0.05, 0.1) is 6.54 Å². The van der Waals surface area contributed by atoms with Gasteiger partial charge in [-0.15, -0.1) is 0 Å². The Hall–Kier alpha value is -1.73. The average Bonchev–Trinajstić information content (AvgIpc) is 3.12. The second-order valence-corrected chi connectivity index (χ2v) is 6.72. The lowest BCUT2D eigenvalue weighted by Gasteiger charge is -2.23. The van der Waals surface area contributed by atoms with Crippen molar-refractivity contribution >= 4 is 10.0 Å². The maximum Gasteiger partial charge on any atom is 0.244 e. The number of nitrogens with zero attached hydrogens (tertiary/aromatic N) is 4. The van der Waals surface area contributed by atoms with Gasteiger partial charge in [-0.05, 0) is 31.0 Å². The molecule has 0 amide bonds. The van der Waals surface area contributed by atoms with Gasteiger partial charge in [0.15, 0.2) is 0 Å². The zero-order chi connectivity index (χ0) is 14.0. The second kappa shape index (κ2) is 5.34. The van der Waals surface area contributed by atoms with Gasteiger partial charge < -0.3 is 0 Å². The normalized spacial score (nSPS) is 20.3. The smallest absolute Gasteiger partial charge is 0.244 e. The molecule has 106 valence electrons. The maximum absolute atomic E-state index is 12.6. The summed E-state index contributed by atoms with van der Waals surface area (Å²) in [7, 11) is -3.46. The summed E-state index contributed by atoms with van der Waals surface area (Å²) in [5.74, 6) is 0. The number of rotatable bonds is 4. The highest BCUT2D eigenvalue weighted by Gasteiger charge is 2.35. The van der Waals surface area contributed by atoms with Crippen molar-refractivity contribution in [3.8, 4) is 0 Å². The first-order chi connectivity index (χ1) is 9.68. The van der Waals surface area contributed by atoms with Crippen LogP contribution in [0.2, 0.25) is 0 Å². The Labute approximate surface area is 118 Å². The fraction of sp³-hybridized carbons (Fsp3) is 0.385. The highest BCUT2D eigenvalue weighted by atomic mass is 32.2. The van der Waals surface area contributed by atoms with Crippen molar-refractivity contribution in [1.29, 1.82) is 0 Å². The lowest BCUT2D eigenvalue weighted by Crippen LogP contribution is -2.38. The van der Waals surface area contributed by atoms with Crippen molar-refractivity contribution in [3.63, 3.8) is 0 Å². The summed E-state index contributed by atoms with van der Waals surface area (Å²) in [6.07, 6.45) is 8.27. The molecule has 20 heavy (non-hydrogen) atoms. The monoisotopic (exact) mass is 292 g/mol. The molecule has 0 aromatic carbocycles. The van der Waals surface area contributed by atoms with Crippen LogP contribution in [0, 0.1) is 0 Å². The molecule has 6 nitrogen and oxygen atoms in total. The van der Waals surface area contributed by atoms with Gasteiger partial charge in [-0.25, -0.2) is 8.42 Å². The molecule has 1 unspecified atom stereocenters. The van der Waals surface area contributed by atoms with Gasteiger partial charge in [-0.2, -0.15) is 9.40 Å². The van der Waals surface area contributed by atoms with Gasteiger partial charge in [0, 0.05) is 37.4 Å². The highest BCUT2D eigenvalue weighted by Crippen LogP contribution is 2.26. The van der Waals surface area contributed by atoms with Gasteiger partial charge in [0.2, 0.25) is 10.0 Å². The van der Waals surface area contributed by atoms with E-state index in [-0.39, 0.29) is 10.9 Å². The molecule has 3 rings (SSSR count). The van der Waals surface area contributed by atoms with Crippen molar-refractivity contribution in [2.24, 2.45) is 0 Å². The number of aromatic nitrogens is 3. The molecule has 7 heteroatoms. The zero-order valence-corrected chi connectivity index (χ0v) is 11.8. The Morgan fingerprint density at radius 1 is 1.30 bits per heavy atom. The van der Waals surface area contributed by atoms with Crippen LogP contribution in [0.5, 0.6) is 0 Å². The topological polar surface area (TPSA) is 68.1 Å². The number of hydrogen-bond acceptors (Lipinski definition) is 4. The van der Waals surface area contributed by atoms with E-state index >= 15 is 0 Å². The fourth-order valence-electron chi connectivity index (χ4n) is 2.57. The lowest BCUT2D eigenvalue weighted by atomic mass is 10.2. The number of hydrogen-bond donors (Lipinski definition) is 0. The predicted octanol–water partition coefficient (Wildman–Crippen LogP) is 1.13. The zero-order valence-electron chi connectivity index (χ0n) is 11.0. The molecule has 1 saturated heterocycles. The molecule has 3 heterocycles. The summed E-state index contributed by atoms with van der Waals surface area (Å²) in [6.45, 7) is 1.15. The minimum absolute atomic E-state index is 0.0416. The maximum atomic E-state index is 12.6. The standard InChI is InChI=1S/C13H16N4O2S/c18-20(19,13-5-1-6-14-10-13)17-9-2-4-12(17)11-16-8-3-7-15-16/h1,3,5-8,10,12H,2,4,9,11H2. The fourth-order valence-corrected chi connectivity index (χ4v) is 4.22. The van der Waals surface area contributed by atoms with Crippen molar-refractivity contribution < 1.29 is 8.42 Å². The molecule has 0 saturated carbocycles. The molecular formula is C13H16N4O2S. The summed E-state index contributed by atoms with van der Waals surface area (Å²) < 4.78 is 28.6. The molecule has 2 aromatic rings. The predicted molar refractivity (Wildman–Crippen MR) is 73.4 cm³/mol. The van der Waals surface area contributed by atoms with Crippen LogP contribution in [0.1, 0.15) is 12.8 Å². The second-order valence-electron chi connectivity index (χ2n) is 4.83. The Bertz CT molecular complexity index is 655. The van der Waals surface area contributed by atoms with E-state index in [1.54, 1.807) is 33.5 Å². The summed E-state index contributed by atoms with van der Waals surface area (Å²) in [5.41, 5.74) is 0. The van der Waals surface area contributed by atoms with Crippen LogP contribution in [0.15, 0.2) is 47.9 Å². The largest absolute Gasteiger partial charge is 0.271 e. The third-order valence-electron chi connectivity index (χ3n) is 3.52. The molecule has 1 aliphatic heterocycles. The molecule has 0 N–H and O–H groups in total. The molecular weight excluding hydrogens is 276 g/mol. The first-order valence-corrected chi connectivity index (χ1v) is 8.01. The van der Waals surface area contributed by atoms with Gasteiger partial charge in [-0.3, -0.25) is 9.67 Å². The SMILES string of the molecule is O=S(=O)(c1cccnc1)N1CCCC1Cn1cccn1. The third kappa shape index (κ3) is 2.46. The summed E-state index contributed by atoms with van der Waals surface area (Å²) in [5, 5.41) is 4.15. The van der Waals surface area contributed by atoms with E-state index in [2.05, 4.69) is 10.1 Å². The molecule has 0 bridgehead atoms. The van der Waals surface area contributed by atoms with Gasteiger partial charge >= 0.3 is 0 Å². The molecule has 0 aliphatic carbocycles. The van der Waals surface area contributed by atoms with Crippen LogP contribution in [-0.2, 0) is 16.6 Å². The first-order valence-electron chi connectivity index (χ1n) is 6.57. The quantitative estimate of drug-likeness (QED) is 0.847. The van der Waals surface area contributed by atoms with Crippen LogP contribution >= 0.6 is 0 Å². The van der Waals surface area contributed by atoms with Crippen molar-refractivity contribution in [1.82, 2.24) is 19.1 Å². The van der Waals surface area contributed by atoms with E-state index in [4.69, 9.17) is 0 Å². The Kier molecular flexibility index (Phi) is 3.54. The molecule has 2 aromatic heterocycles. The van der Waals surface area contributed by atoms with Crippen molar-refractivity contribution in [2.75, 3.05) is 6.54 Å². The van der Waals surface area contributed by atoms with E-state index in [0.717, 1.165) is 12.8 Å². The molecule has 1 atom stereocenters. The van der Waals surface area contributed by atoms with Crippen LogP contribution in [0.3, 0.4) is 0 Å². The molecule has 0 radical (unpaired) electrons. The van der Waals surface area contributed by atoms with Gasteiger partial charge in [-0.1, -0.05) is 0 Å². The minimum atomic E-state index is -3.46. The van der Waals surface area contributed by atoms with Crippen LogP contribution in [0.4, 0.5) is 0 Å². The number of sulfonamides is 1. The minimum Gasteiger partial charge on any atom is -0.271 e. The Morgan fingerprint density at radius 3 is 2.90 bits per heavy atom. The first kappa shape index (κ1) is 13.3. The van der Waals surface area contributed by atoms with E-state index in [0.29, 0.717) is 13.1 Å². The third-order valence-corrected chi connectivity index (χ3v) is 5.46. The molecule has 0 spiro atoms. The Balaban J connectivity index is 1.85.